The van der Waals surface area contributed by atoms with Crippen LogP contribution in [0.3, 0.4) is 0 Å². The number of nitrogens with two attached hydrogens (primary N) is 2. The lowest BCUT2D eigenvalue weighted by molar-refractivity contribution is -0.384. The Bertz CT molecular complexity index is 668. The Kier molecular flexibility index (Phi) is 5.01. The van der Waals surface area contributed by atoms with Crippen molar-refractivity contribution in [1.82, 2.24) is 0 Å². The molecule has 4 N–H and O–H groups in total. The Balaban J connectivity index is 2.21. The zero-order chi connectivity index (χ0) is 17.0. The largest absolute Gasteiger partial charge is 0.393 e. The minimum Gasteiger partial charge on any atom is -0.393 e. The summed E-state index contributed by atoms with van der Waals surface area (Å²) in [5, 5.41) is 20.1. The van der Waals surface area contributed by atoms with Crippen LogP contribution in [0.1, 0.15) is 31.2 Å². The van der Waals surface area contributed by atoms with Crippen molar-refractivity contribution in [2.45, 2.75) is 25.7 Å². The van der Waals surface area contributed by atoms with Crippen molar-refractivity contribution in [3.8, 4) is 6.07 Å². The van der Waals surface area contributed by atoms with Gasteiger partial charge in [-0.05, 0) is 37.3 Å². The third-order valence-corrected chi connectivity index (χ3v) is 4.11. The van der Waals surface area contributed by atoms with Crippen LogP contribution in [0.4, 0.5) is 17.1 Å². The van der Waals surface area contributed by atoms with Crippen LogP contribution in [0.15, 0.2) is 12.1 Å². The summed E-state index contributed by atoms with van der Waals surface area (Å²) in [6.45, 7) is 1.50. The van der Waals surface area contributed by atoms with Gasteiger partial charge in [-0.2, -0.15) is 5.26 Å². The number of rotatable bonds is 5. The number of carbonyl (C=O) groups is 1. The van der Waals surface area contributed by atoms with E-state index in [0.29, 0.717) is 18.0 Å². The molecule has 8 heteroatoms. The van der Waals surface area contributed by atoms with Crippen molar-refractivity contribution in [2.75, 3.05) is 23.7 Å². The summed E-state index contributed by atoms with van der Waals surface area (Å²) in [7, 11) is 0. The molecule has 1 amide bonds. The molecule has 1 fully saturated rings. The third-order valence-electron chi connectivity index (χ3n) is 4.11. The van der Waals surface area contributed by atoms with E-state index in [9.17, 15) is 14.9 Å². The Morgan fingerprint density at radius 3 is 2.87 bits per heavy atom. The number of hydrogen-bond donors (Lipinski definition) is 2. The molecule has 0 saturated carbocycles. The summed E-state index contributed by atoms with van der Waals surface area (Å²) >= 11 is 0. The first-order valence-electron chi connectivity index (χ1n) is 7.43. The van der Waals surface area contributed by atoms with Crippen LogP contribution in [0.5, 0.6) is 0 Å². The molecule has 1 aromatic carbocycles. The number of amides is 1. The lowest BCUT2D eigenvalue weighted by Gasteiger charge is -2.34. The fourth-order valence-electron chi connectivity index (χ4n) is 2.99. The highest BCUT2D eigenvalue weighted by Gasteiger charge is 2.25. The third kappa shape index (κ3) is 3.88. The number of piperidine rings is 1. The predicted molar refractivity (Wildman–Crippen MR) is 85.6 cm³/mol. The first kappa shape index (κ1) is 16.5. The maximum absolute atomic E-state index is 11.0. The number of hydrogen-bond acceptors (Lipinski definition) is 6. The van der Waals surface area contributed by atoms with Crippen LogP contribution in [0, 0.1) is 27.4 Å². The summed E-state index contributed by atoms with van der Waals surface area (Å²) < 4.78 is 0. The van der Waals surface area contributed by atoms with Gasteiger partial charge in [0.1, 0.15) is 17.3 Å². The second-order valence-electron chi connectivity index (χ2n) is 5.76. The van der Waals surface area contributed by atoms with Gasteiger partial charge in [0.05, 0.1) is 4.92 Å². The molecule has 1 atom stereocenters. The molecule has 0 aromatic heterocycles. The molecule has 2 rings (SSSR count). The highest BCUT2D eigenvalue weighted by molar-refractivity contribution is 5.74. The molecule has 1 aliphatic rings. The molecule has 0 aliphatic carbocycles. The average molecular weight is 317 g/mol. The minimum atomic E-state index is -0.635. The molecular formula is C15H19N5O3. The summed E-state index contributed by atoms with van der Waals surface area (Å²) in [4.78, 5) is 23.3. The van der Waals surface area contributed by atoms with Crippen LogP contribution in [-0.4, -0.2) is 23.9 Å². The highest BCUT2D eigenvalue weighted by atomic mass is 16.6. The molecule has 0 bridgehead atoms. The fourth-order valence-corrected chi connectivity index (χ4v) is 2.99. The Morgan fingerprint density at radius 2 is 2.26 bits per heavy atom. The SMILES string of the molecule is N#Cc1cc(N2CCCC(CCC(N)=O)C2)cc(N)c1[N+](=O)[O-]. The average Bonchev–Trinajstić information content (AvgIpc) is 2.51. The van der Waals surface area contributed by atoms with Gasteiger partial charge in [0.25, 0.3) is 0 Å². The molecule has 1 aromatic rings. The molecular weight excluding hydrogens is 298 g/mol. The molecule has 122 valence electrons. The van der Waals surface area contributed by atoms with E-state index in [-0.39, 0.29) is 22.8 Å². The standard InChI is InChI=1S/C15H19N5O3/c16-8-11-6-12(7-13(17)15(11)20(22)23)19-5-1-2-10(9-19)3-4-14(18)21/h6-7,10H,1-5,9,17H2,(H2,18,21). The van der Waals surface area contributed by atoms with Gasteiger partial charge in [0.15, 0.2) is 0 Å². The van der Waals surface area contributed by atoms with Crippen molar-refractivity contribution >= 4 is 23.0 Å². The van der Waals surface area contributed by atoms with E-state index < -0.39 is 4.92 Å². The first-order valence-corrected chi connectivity index (χ1v) is 7.43. The number of nitro benzene ring substituents is 1. The Morgan fingerprint density at radius 1 is 1.52 bits per heavy atom. The second-order valence-corrected chi connectivity index (χ2v) is 5.76. The second kappa shape index (κ2) is 6.96. The number of nitriles is 1. The van der Waals surface area contributed by atoms with E-state index in [1.165, 1.54) is 12.1 Å². The molecule has 1 unspecified atom stereocenters. The fraction of sp³-hybridized carbons (Fsp3) is 0.467. The van der Waals surface area contributed by atoms with Gasteiger partial charge in [-0.15, -0.1) is 0 Å². The van der Waals surface area contributed by atoms with Crippen molar-refractivity contribution in [1.29, 1.82) is 5.26 Å². The highest BCUT2D eigenvalue weighted by Crippen LogP contribution is 2.33. The maximum Gasteiger partial charge on any atom is 0.309 e. The number of primary amides is 1. The van der Waals surface area contributed by atoms with Crippen molar-refractivity contribution in [3.05, 3.63) is 27.8 Å². The smallest absolute Gasteiger partial charge is 0.309 e. The zero-order valence-electron chi connectivity index (χ0n) is 12.7. The molecule has 1 heterocycles. The van der Waals surface area contributed by atoms with Gasteiger partial charge >= 0.3 is 5.69 Å². The van der Waals surface area contributed by atoms with Crippen LogP contribution in [0.25, 0.3) is 0 Å². The summed E-state index contributed by atoms with van der Waals surface area (Å²) in [5.74, 6) is 0.0201. The molecule has 0 spiro atoms. The van der Waals surface area contributed by atoms with E-state index in [1.54, 1.807) is 0 Å². The topological polar surface area (TPSA) is 139 Å². The van der Waals surface area contributed by atoms with Gasteiger partial charge in [-0.25, -0.2) is 0 Å². The zero-order valence-corrected chi connectivity index (χ0v) is 12.7. The number of nitro groups is 1. The molecule has 8 nitrogen and oxygen atoms in total. The van der Waals surface area contributed by atoms with Gasteiger partial charge in [-0.1, -0.05) is 0 Å². The number of nitrogen functional groups attached to an aromatic ring is 1. The van der Waals surface area contributed by atoms with E-state index in [1.807, 2.05) is 6.07 Å². The molecule has 1 saturated heterocycles. The Hall–Kier alpha value is -2.82. The summed E-state index contributed by atoms with van der Waals surface area (Å²) in [6.07, 6.45) is 3.03. The van der Waals surface area contributed by atoms with Crippen LogP contribution >= 0.6 is 0 Å². The predicted octanol–water partition coefficient (Wildman–Crippen LogP) is 1.53. The quantitative estimate of drug-likeness (QED) is 0.479. The van der Waals surface area contributed by atoms with Crippen LogP contribution in [-0.2, 0) is 4.79 Å². The van der Waals surface area contributed by atoms with E-state index >= 15 is 0 Å². The Labute approximate surface area is 133 Å². The lowest BCUT2D eigenvalue weighted by Crippen LogP contribution is -2.36. The summed E-state index contributed by atoms with van der Waals surface area (Å²) in [6, 6.07) is 4.88. The molecule has 23 heavy (non-hydrogen) atoms. The van der Waals surface area contributed by atoms with Crippen LogP contribution in [0.2, 0.25) is 0 Å². The number of carbonyl (C=O) groups excluding carboxylic acids is 1. The van der Waals surface area contributed by atoms with Gasteiger partial charge in [0, 0.05) is 25.2 Å². The van der Waals surface area contributed by atoms with Gasteiger partial charge in [-0.3, -0.25) is 14.9 Å². The lowest BCUT2D eigenvalue weighted by atomic mass is 9.92. The molecule has 0 radical (unpaired) electrons. The monoisotopic (exact) mass is 317 g/mol. The van der Waals surface area contributed by atoms with Crippen LogP contribution < -0.4 is 16.4 Å². The van der Waals surface area contributed by atoms with E-state index in [0.717, 1.165) is 32.4 Å². The van der Waals surface area contributed by atoms with Crippen molar-refractivity contribution in [3.63, 3.8) is 0 Å². The van der Waals surface area contributed by atoms with Crippen molar-refractivity contribution < 1.29 is 9.72 Å². The first-order chi connectivity index (χ1) is 10.9. The number of benzene rings is 1. The van der Waals surface area contributed by atoms with E-state index in [2.05, 4.69) is 4.90 Å². The van der Waals surface area contributed by atoms with Gasteiger partial charge < -0.3 is 16.4 Å². The minimum absolute atomic E-state index is 0.0108. The number of nitrogens with zero attached hydrogens (tertiary/aromatic N) is 3. The normalized spacial score (nSPS) is 17.5. The van der Waals surface area contributed by atoms with Crippen molar-refractivity contribution in [2.24, 2.45) is 11.7 Å². The maximum atomic E-state index is 11.0. The summed E-state index contributed by atoms with van der Waals surface area (Å²) in [5.41, 5.74) is 11.3. The van der Waals surface area contributed by atoms with E-state index in [4.69, 9.17) is 16.7 Å². The van der Waals surface area contributed by atoms with Gasteiger partial charge in [0.2, 0.25) is 5.91 Å². The number of anilines is 2. The molecule has 1 aliphatic heterocycles.